The maximum Gasteiger partial charge on any atom is 0.257 e. The lowest BCUT2D eigenvalue weighted by atomic mass is 10.2. The molecule has 1 amide bonds. The van der Waals surface area contributed by atoms with Crippen molar-refractivity contribution in [2.75, 3.05) is 25.0 Å². The van der Waals surface area contributed by atoms with E-state index in [1.54, 1.807) is 6.20 Å². The van der Waals surface area contributed by atoms with Gasteiger partial charge in [0.25, 0.3) is 5.91 Å². The fraction of sp³-hybridized carbons (Fsp3) is 0.625. The number of pyridine rings is 1. The van der Waals surface area contributed by atoms with Gasteiger partial charge < -0.3 is 10.2 Å². The molecule has 0 atom stereocenters. The summed E-state index contributed by atoms with van der Waals surface area (Å²) in [5.41, 5.74) is 0.718. The molecule has 1 aromatic heterocycles. The van der Waals surface area contributed by atoms with Crippen LogP contribution in [-0.2, 0) is 0 Å². The number of nitrogens with one attached hydrogen (secondary N) is 1. The first-order valence-electron chi connectivity index (χ1n) is 7.76. The summed E-state index contributed by atoms with van der Waals surface area (Å²) in [5.74, 6) is 2.33. The fourth-order valence-electron chi connectivity index (χ4n) is 2.52. The minimum absolute atomic E-state index is 0.146. The number of nitrogens with zero attached hydrogens (tertiary/aromatic N) is 2. The SMILES string of the molecule is CCNc1ncccc1C(=O)N(CC1CC1)CC1CC1. The van der Waals surface area contributed by atoms with Crippen molar-refractivity contribution in [2.45, 2.75) is 32.6 Å². The molecule has 0 aromatic carbocycles. The molecule has 20 heavy (non-hydrogen) atoms. The number of hydrogen-bond acceptors (Lipinski definition) is 3. The van der Waals surface area contributed by atoms with Crippen LogP contribution < -0.4 is 5.32 Å². The molecule has 0 radical (unpaired) electrons. The van der Waals surface area contributed by atoms with E-state index in [2.05, 4.69) is 15.2 Å². The number of hydrogen-bond donors (Lipinski definition) is 1. The Kier molecular flexibility index (Phi) is 3.90. The molecular formula is C16H23N3O. The average Bonchev–Trinajstić information content (AvgIpc) is 3.34. The highest BCUT2D eigenvalue weighted by Crippen LogP contribution is 2.34. The molecule has 1 heterocycles. The lowest BCUT2D eigenvalue weighted by Crippen LogP contribution is -2.35. The summed E-state index contributed by atoms with van der Waals surface area (Å²) in [6.07, 6.45) is 6.85. The second kappa shape index (κ2) is 5.81. The standard InChI is InChI=1S/C16H23N3O/c1-2-17-15-14(4-3-9-18-15)16(20)19(10-12-5-6-12)11-13-7-8-13/h3-4,9,12-13H,2,5-8,10-11H2,1H3,(H,17,18). The molecule has 0 spiro atoms. The largest absolute Gasteiger partial charge is 0.370 e. The van der Waals surface area contributed by atoms with Crippen molar-refractivity contribution in [3.05, 3.63) is 23.9 Å². The first kappa shape index (κ1) is 13.4. The number of anilines is 1. The molecule has 2 aliphatic rings. The van der Waals surface area contributed by atoms with Gasteiger partial charge in [-0.25, -0.2) is 4.98 Å². The second-order valence-corrected chi connectivity index (χ2v) is 6.03. The van der Waals surface area contributed by atoms with E-state index in [9.17, 15) is 4.79 Å². The van der Waals surface area contributed by atoms with Gasteiger partial charge in [0, 0.05) is 25.8 Å². The van der Waals surface area contributed by atoms with E-state index in [1.165, 1.54) is 25.7 Å². The lowest BCUT2D eigenvalue weighted by molar-refractivity contribution is 0.0740. The predicted molar refractivity (Wildman–Crippen MR) is 79.8 cm³/mol. The highest BCUT2D eigenvalue weighted by molar-refractivity contribution is 5.98. The molecule has 2 aliphatic carbocycles. The molecule has 3 rings (SSSR count). The van der Waals surface area contributed by atoms with Crippen molar-refractivity contribution in [1.29, 1.82) is 0 Å². The van der Waals surface area contributed by atoms with Gasteiger partial charge in [-0.1, -0.05) is 0 Å². The summed E-state index contributed by atoms with van der Waals surface area (Å²) in [6.45, 7) is 4.66. The lowest BCUT2D eigenvalue weighted by Gasteiger charge is -2.23. The fourth-order valence-corrected chi connectivity index (χ4v) is 2.52. The maximum absolute atomic E-state index is 12.8. The van der Waals surface area contributed by atoms with Crippen LogP contribution in [0.5, 0.6) is 0 Å². The molecule has 0 aliphatic heterocycles. The van der Waals surface area contributed by atoms with Gasteiger partial charge in [-0.3, -0.25) is 4.79 Å². The summed E-state index contributed by atoms with van der Waals surface area (Å²) in [5, 5.41) is 3.19. The normalized spacial score (nSPS) is 17.9. The highest BCUT2D eigenvalue weighted by atomic mass is 16.2. The van der Waals surface area contributed by atoms with Crippen molar-refractivity contribution in [1.82, 2.24) is 9.88 Å². The quantitative estimate of drug-likeness (QED) is 0.831. The smallest absolute Gasteiger partial charge is 0.257 e. The predicted octanol–water partition coefficient (Wildman–Crippen LogP) is 2.78. The molecule has 0 saturated heterocycles. The third kappa shape index (κ3) is 3.30. The summed E-state index contributed by atoms with van der Waals surface area (Å²) >= 11 is 0. The third-order valence-electron chi connectivity index (χ3n) is 4.02. The average molecular weight is 273 g/mol. The van der Waals surface area contributed by atoms with Crippen molar-refractivity contribution < 1.29 is 4.79 Å². The van der Waals surface area contributed by atoms with E-state index < -0.39 is 0 Å². The van der Waals surface area contributed by atoms with E-state index in [-0.39, 0.29) is 5.91 Å². The maximum atomic E-state index is 12.8. The second-order valence-electron chi connectivity index (χ2n) is 6.03. The van der Waals surface area contributed by atoms with Crippen LogP contribution >= 0.6 is 0 Å². The van der Waals surface area contributed by atoms with Gasteiger partial charge in [0.2, 0.25) is 0 Å². The van der Waals surface area contributed by atoms with Crippen LogP contribution in [0.25, 0.3) is 0 Å². The first-order valence-corrected chi connectivity index (χ1v) is 7.76. The number of carbonyl (C=O) groups excluding carboxylic acids is 1. The molecule has 2 fully saturated rings. The minimum Gasteiger partial charge on any atom is -0.370 e. The molecule has 1 aromatic rings. The monoisotopic (exact) mass is 273 g/mol. The summed E-state index contributed by atoms with van der Waals surface area (Å²) in [7, 11) is 0. The molecule has 4 nitrogen and oxygen atoms in total. The Morgan fingerprint density at radius 2 is 1.95 bits per heavy atom. The molecule has 2 saturated carbocycles. The van der Waals surface area contributed by atoms with Gasteiger partial charge in [0.15, 0.2) is 0 Å². The van der Waals surface area contributed by atoms with Crippen molar-refractivity contribution >= 4 is 11.7 Å². The van der Waals surface area contributed by atoms with E-state index >= 15 is 0 Å². The Balaban J connectivity index is 1.76. The van der Waals surface area contributed by atoms with Gasteiger partial charge in [0.1, 0.15) is 5.82 Å². The zero-order chi connectivity index (χ0) is 13.9. The van der Waals surface area contributed by atoms with Gasteiger partial charge in [-0.2, -0.15) is 0 Å². The van der Waals surface area contributed by atoms with Gasteiger partial charge >= 0.3 is 0 Å². The van der Waals surface area contributed by atoms with Crippen LogP contribution in [0.4, 0.5) is 5.82 Å². The number of aromatic nitrogens is 1. The van der Waals surface area contributed by atoms with Crippen molar-refractivity contribution in [2.24, 2.45) is 11.8 Å². The van der Waals surface area contributed by atoms with Crippen LogP contribution in [0, 0.1) is 11.8 Å². The Morgan fingerprint density at radius 1 is 1.30 bits per heavy atom. The first-order chi connectivity index (χ1) is 9.78. The van der Waals surface area contributed by atoms with Crippen LogP contribution in [0.3, 0.4) is 0 Å². The summed E-state index contributed by atoms with van der Waals surface area (Å²) < 4.78 is 0. The molecule has 108 valence electrons. The number of rotatable bonds is 7. The Labute approximate surface area is 120 Å². The Bertz CT molecular complexity index is 466. The van der Waals surface area contributed by atoms with Crippen LogP contribution in [0.1, 0.15) is 43.0 Å². The van der Waals surface area contributed by atoms with E-state index in [0.29, 0.717) is 0 Å². The summed E-state index contributed by atoms with van der Waals surface area (Å²) in [6, 6.07) is 3.74. The summed E-state index contributed by atoms with van der Waals surface area (Å²) in [4.78, 5) is 19.2. The zero-order valence-corrected chi connectivity index (χ0v) is 12.1. The zero-order valence-electron chi connectivity index (χ0n) is 12.1. The molecule has 1 N–H and O–H groups in total. The van der Waals surface area contributed by atoms with E-state index in [4.69, 9.17) is 0 Å². The van der Waals surface area contributed by atoms with Gasteiger partial charge in [-0.05, 0) is 56.6 Å². The number of amides is 1. The Hall–Kier alpha value is -1.58. The molecule has 4 heteroatoms. The van der Waals surface area contributed by atoms with E-state index in [1.807, 2.05) is 19.1 Å². The van der Waals surface area contributed by atoms with Gasteiger partial charge in [0.05, 0.1) is 5.56 Å². The minimum atomic E-state index is 0.146. The number of carbonyl (C=O) groups is 1. The van der Waals surface area contributed by atoms with Gasteiger partial charge in [-0.15, -0.1) is 0 Å². The van der Waals surface area contributed by atoms with E-state index in [0.717, 1.165) is 42.9 Å². The van der Waals surface area contributed by atoms with Crippen molar-refractivity contribution in [3.63, 3.8) is 0 Å². The highest BCUT2D eigenvalue weighted by Gasteiger charge is 2.32. The molecule has 0 unspecified atom stereocenters. The van der Waals surface area contributed by atoms with Crippen molar-refractivity contribution in [3.8, 4) is 0 Å². The topological polar surface area (TPSA) is 45.2 Å². The van der Waals surface area contributed by atoms with Crippen LogP contribution in [0.15, 0.2) is 18.3 Å². The van der Waals surface area contributed by atoms with Crippen LogP contribution in [0.2, 0.25) is 0 Å². The Morgan fingerprint density at radius 3 is 2.50 bits per heavy atom. The third-order valence-corrected chi connectivity index (χ3v) is 4.02. The molecular weight excluding hydrogens is 250 g/mol. The van der Waals surface area contributed by atoms with Crippen LogP contribution in [-0.4, -0.2) is 35.4 Å². The molecule has 0 bridgehead atoms.